The molecule has 0 bridgehead atoms. The van der Waals surface area contributed by atoms with Crippen LogP contribution in [0.25, 0.3) is 0 Å². The van der Waals surface area contributed by atoms with E-state index in [0.717, 1.165) is 13.0 Å². The maximum absolute atomic E-state index is 12.6. The predicted octanol–water partition coefficient (Wildman–Crippen LogP) is 4.68. The van der Waals surface area contributed by atoms with Crippen LogP contribution in [0.2, 0.25) is 0 Å². The van der Waals surface area contributed by atoms with Crippen LogP contribution >= 0.6 is 0 Å². The average Bonchev–Trinajstić information content (AvgIpc) is 2.97. The van der Waals surface area contributed by atoms with Crippen molar-refractivity contribution in [3.63, 3.8) is 0 Å². The van der Waals surface area contributed by atoms with Crippen LogP contribution in [0.1, 0.15) is 60.7 Å². The minimum absolute atomic E-state index is 0.0612. The van der Waals surface area contributed by atoms with E-state index < -0.39 is 0 Å². The number of hydrogen-bond donors (Lipinski definition) is 0. The molecule has 4 rings (SSSR count). The van der Waals surface area contributed by atoms with Crippen LogP contribution in [-0.2, 0) is 0 Å². The third kappa shape index (κ3) is 2.25. The van der Waals surface area contributed by atoms with Crippen molar-refractivity contribution in [1.82, 2.24) is 4.90 Å². The zero-order valence-electron chi connectivity index (χ0n) is 15.1. The van der Waals surface area contributed by atoms with Gasteiger partial charge in [-0.3, -0.25) is 9.59 Å². The summed E-state index contributed by atoms with van der Waals surface area (Å²) in [7, 11) is 0. The lowest BCUT2D eigenvalue weighted by Crippen LogP contribution is -2.27. The van der Waals surface area contributed by atoms with E-state index in [4.69, 9.17) is 0 Å². The second kappa shape index (κ2) is 5.55. The van der Waals surface area contributed by atoms with Gasteiger partial charge in [0.05, 0.1) is 5.57 Å². The Morgan fingerprint density at radius 3 is 2.28 bits per heavy atom. The van der Waals surface area contributed by atoms with Gasteiger partial charge in [0.25, 0.3) is 0 Å². The molecule has 0 unspecified atom stereocenters. The Balaban J connectivity index is 1.74. The van der Waals surface area contributed by atoms with Crippen molar-refractivity contribution in [1.29, 1.82) is 0 Å². The number of benzene rings is 1. The fourth-order valence-corrected chi connectivity index (χ4v) is 4.26. The molecule has 2 aliphatic heterocycles. The van der Waals surface area contributed by atoms with Gasteiger partial charge in [-0.25, -0.2) is 0 Å². The summed E-state index contributed by atoms with van der Waals surface area (Å²) in [5, 5.41) is 0. The first kappa shape index (κ1) is 16.1. The second-order valence-corrected chi connectivity index (χ2v) is 7.64. The molecule has 128 valence electrons. The molecule has 0 N–H and O–H groups in total. The van der Waals surface area contributed by atoms with Crippen molar-refractivity contribution in [3.05, 3.63) is 70.1 Å². The number of piperidine rings is 1. The van der Waals surface area contributed by atoms with E-state index in [1.807, 2.05) is 6.08 Å². The van der Waals surface area contributed by atoms with Crippen LogP contribution in [0, 0.1) is 5.41 Å². The van der Waals surface area contributed by atoms with E-state index in [1.54, 1.807) is 30.3 Å². The first-order chi connectivity index (χ1) is 11.9. The summed E-state index contributed by atoms with van der Waals surface area (Å²) in [4.78, 5) is 27.6. The summed E-state index contributed by atoms with van der Waals surface area (Å²) in [5.41, 5.74) is 5.30. The number of allylic oxidation sites excluding steroid dienone is 5. The standard InChI is InChI=1S/C22H23NO2/c1-14-18-10-6-7-13-23(18)19(22(14,2)3)12-11-17-20(24)15-8-4-5-9-16(15)21(17)25/h4-5,8-9,11-12H,6-7,10,13H2,1-3H3. The topological polar surface area (TPSA) is 37.4 Å². The summed E-state index contributed by atoms with van der Waals surface area (Å²) in [6, 6.07) is 7.08. The monoisotopic (exact) mass is 333 g/mol. The van der Waals surface area contributed by atoms with Crippen LogP contribution in [0.15, 0.2) is 59.0 Å². The molecular formula is C22H23NO2. The molecule has 0 amide bonds. The van der Waals surface area contributed by atoms with E-state index in [2.05, 4.69) is 25.7 Å². The SMILES string of the molecule is CC1=C2CCCCN2C(=CC=C2C(=O)c3ccccc3C2=O)C1(C)C. The van der Waals surface area contributed by atoms with Crippen molar-refractivity contribution in [2.24, 2.45) is 5.41 Å². The summed E-state index contributed by atoms with van der Waals surface area (Å²) < 4.78 is 0. The Kier molecular flexibility index (Phi) is 3.57. The second-order valence-electron chi connectivity index (χ2n) is 7.64. The molecule has 3 heteroatoms. The maximum Gasteiger partial charge on any atom is 0.197 e. The Hall–Kier alpha value is -2.42. The molecule has 3 nitrogen and oxygen atoms in total. The molecule has 1 aromatic carbocycles. The first-order valence-electron chi connectivity index (χ1n) is 9.01. The highest BCUT2D eigenvalue weighted by molar-refractivity contribution is 6.39. The smallest absolute Gasteiger partial charge is 0.197 e. The molecule has 25 heavy (non-hydrogen) atoms. The molecule has 2 heterocycles. The molecular weight excluding hydrogens is 310 g/mol. The van der Waals surface area contributed by atoms with Gasteiger partial charge in [0, 0.05) is 34.5 Å². The van der Waals surface area contributed by atoms with Crippen LogP contribution in [0.4, 0.5) is 0 Å². The van der Waals surface area contributed by atoms with Crippen molar-refractivity contribution in [2.75, 3.05) is 6.54 Å². The van der Waals surface area contributed by atoms with E-state index in [0.29, 0.717) is 11.1 Å². The van der Waals surface area contributed by atoms with E-state index in [-0.39, 0.29) is 22.6 Å². The highest BCUT2D eigenvalue weighted by atomic mass is 16.2. The number of rotatable bonds is 1. The zero-order chi connectivity index (χ0) is 17.8. The molecule has 1 aliphatic carbocycles. The Bertz CT molecular complexity index is 846. The van der Waals surface area contributed by atoms with E-state index in [9.17, 15) is 9.59 Å². The largest absolute Gasteiger partial charge is 0.348 e. The van der Waals surface area contributed by atoms with Gasteiger partial charge in [0.1, 0.15) is 0 Å². The highest BCUT2D eigenvalue weighted by Crippen LogP contribution is 2.49. The normalized spacial score (nSPS) is 23.4. The third-order valence-corrected chi connectivity index (χ3v) is 5.99. The quantitative estimate of drug-likeness (QED) is 0.553. The van der Waals surface area contributed by atoms with Crippen LogP contribution < -0.4 is 0 Å². The van der Waals surface area contributed by atoms with Gasteiger partial charge < -0.3 is 4.90 Å². The van der Waals surface area contributed by atoms with Crippen LogP contribution in [0.5, 0.6) is 0 Å². The minimum Gasteiger partial charge on any atom is -0.348 e. The number of Topliss-reactive ketones (excluding diaryl/α,β-unsaturated/α-hetero) is 2. The highest BCUT2D eigenvalue weighted by Gasteiger charge is 2.40. The number of nitrogens with zero attached hydrogens (tertiary/aromatic N) is 1. The number of carbonyl (C=O) groups excluding carboxylic acids is 2. The molecule has 1 fully saturated rings. The first-order valence-corrected chi connectivity index (χ1v) is 9.01. The van der Waals surface area contributed by atoms with Crippen molar-refractivity contribution >= 4 is 11.6 Å². The fourth-order valence-electron chi connectivity index (χ4n) is 4.26. The number of carbonyl (C=O) groups is 2. The lowest BCUT2D eigenvalue weighted by Gasteiger charge is -2.31. The molecule has 1 aromatic rings. The predicted molar refractivity (Wildman–Crippen MR) is 98.3 cm³/mol. The van der Waals surface area contributed by atoms with Gasteiger partial charge in [0.15, 0.2) is 11.6 Å². The number of ketones is 2. The van der Waals surface area contributed by atoms with Crippen molar-refractivity contribution in [2.45, 2.75) is 40.0 Å². The van der Waals surface area contributed by atoms with Crippen LogP contribution in [0.3, 0.4) is 0 Å². The molecule has 0 spiro atoms. The molecule has 0 atom stereocenters. The summed E-state index contributed by atoms with van der Waals surface area (Å²) >= 11 is 0. The van der Waals surface area contributed by atoms with E-state index in [1.165, 1.54) is 29.8 Å². The summed E-state index contributed by atoms with van der Waals surface area (Å²) in [6.07, 6.45) is 7.28. The molecule has 3 aliphatic rings. The van der Waals surface area contributed by atoms with E-state index >= 15 is 0 Å². The lowest BCUT2D eigenvalue weighted by molar-refractivity contribution is 0.0988. The Morgan fingerprint density at radius 1 is 1.00 bits per heavy atom. The third-order valence-electron chi connectivity index (χ3n) is 5.99. The number of fused-ring (bicyclic) bond motifs is 2. The van der Waals surface area contributed by atoms with Gasteiger partial charge in [-0.1, -0.05) is 38.1 Å². The molecule has 0 radical (unpaired) electrons. The van der Waals surface area contributed by atoms with Crippen molar-refractivity contribution < 1.29 is 9.59 Å². The number of hydrogen-bond acceptors (Lipinski definition) is 3. The summed E-state index contributed by atoms with van der Waals surface area (Å²) in [5.74, 6) is -0.311. The minimum atomic E-state index is -0.156. The fraction of sp³-hybridized carbons (Fsp3) is 0.364. The van der Waals surface area contributed by atoms with Gasteiger partial charge >= 0.3 is 0 Å². The Morgan fingerprint density at radius 2 is 1.64 bits per heavy atom. The van der Waals surface area contributed by atoms with Crippen LogP contribution in [-0.4, -0.2) is 23.0 Å². The van der Waals surface area contributed by atoms with Gasteiger partial charge in [-0.05, 0) is 43.9 Å². The van der Waals surface area contributed by atoms with Gasteiger partial charge in [-0.2, -0.15) is 0 Å². The Labute approximate surface area is 148 Å². The average molecular weight is 333 g/mol. The molecule has 0 aromatic heterocycles. The van der Waals surface area contributed by atoms with Gasteiger partial charge in [0.2, 0.25) is 0 Å². The van der Waals surface area contributed by atoms with Gasteiger partial charge in [-0.15, -0.1) is 0 Å². The van der Waals surface area contributed by atoms with Crippen molar-refractivity contribution in [3.8, 4) is 0 Å². The lowest BCUT2D eigenvalue weighted by atomic mass is 9.83. The molecule has 1 saturated heterocycles. The maximum atomic E-state index is 12.6. The summed E-state index contributed by atoms with van der Waals surface area (Å²) in [6.45, 7) is 7.69. The molecule has 0 saturated carbocycles. The zero-order valence-corrected chi connectivity index (χ0v) is 15.1.